The van der Waals surface area contributed by atoms with Gasteiger partial charge in [-0.15, -0.1) is 0 Å². The minimum atomic E-state index is -0.495. The molecule has 2 aliphatic rings. The Morgan fingerprint density at radius 3 is 2.85 bits per heavy atom. The zero-order valence-electron chi connectivity index (χ0n) is 10.9. The van der Waals surface area contributed by atoms with Crippen LogP contribution in [0.4, 0.5) is 0 Å². The van der Waals surface area contributed by atoms with Crippen LogP contribution < -0.4 is 0 Å². The molecule has 0 amide bonds. The Hall–Kier alpha value is -1.65. The van der Waals surface area contributed by atoms with E-state index in [-0.39, 0.29) is 17.9 Å². The molecule has 104 valence electrons. The number of hydrogen-bond donors (Lipinski definition) is 2. The van der Waals surface area contributed by atoms with E-state index in [1.54, 1.807) is 24.3 Å². The fourth-order valence-corrected chi connectivity index (χ4v) is 3.66. The van der Waals surface area contributed by atoms with Gasteiger partial charge in [-0.25, -0.2) is 0 Å². The van der Waals surface area contributed by atoms with Gasteiger partial charge in [-0.2, -0.15) is 0 Å². The van der Waals surface area contributed by atoms with Crippen molar-refractivity contribution in [3.05, 3.63) is 40.4 Å². The SMILES string of the molecule is CC12CCC(O1)c1c2c(O)n(-c2cccc(Cl)c2)c1O. The molecule has 2 aliphatic heterocycles. The lowest BCUT2D eigenvalue weighted by Crippen LogP contribution is -2.16. The number of hydrogen-bond acceptors (Lipinski definition) is 3. The summed E-state index contributed by atoms with van der Waals surface area (Å²) >= 11 is 5.99. The van der Waals surface area contributed by atoms with Crippen molar-refractivity contribution in [3.8, 4) is 17.4 Å². The molecule has 1 aromatic carbocycles. The lowest BCUT2D eigenvalue weighted by molar-refractivity contribution is -0.00959. The van der Waals surface area contributed by atoms with Crippen LogP contribution >= 0.6 is 11.6 Å². The van der Waals surface area contributed by atoms with Crippen LogP contribution in [0.1, 0.15) is 37.0 Å². The Morgan fingerprint density at radius 1 is 1.35 bits per heavy atom. The van der Waals surface area contributed by atoms with E-state index in [1.165, 1.54) is 4.57 Å². The third kappa shape index (κ3) is 1.35. The lowest BCUT2D eigenvalue weighted by Gasteiger charge is -2.19. The number of aromatic nitrogens is 1. The number of rotatable bonds is 1. The summed E-state index contributed by atoms with van der Waals surface area (Å²) in [5.41, 5.74) is 1.58. The normalized spacial score (nSPS) is 27.0. The molecular formula is C15H14ClNO3. The Morgan fingerprint density at radius 2 is 2.15 bits per heavy atom. The second-order valence-corrected chi connectivity index (χ2v) is 6.06. The molecule has 0 spiro atoms. The number of halogens is 1. The molecule has 2 atom stereocenters. The summed E-state index contributed by atoms with van der Waals surface area (Å²) in [4.78, 5) is 0. The second-order valence-electron chi connectivity index (χ2n) is 5.63. The van der Waals surface area contributed by atoms with Crippen LogP contribution in [0, 0.1) is 0 Å². The monoisotopic (exact) mass is 291 g/mol. The molecule has 0 aliphatic carbocycles. The lowest BCUT2D eigenvalue weighted by atomic mass is 9.86. The Balaban J connectivity index is 1.99. The standard InChI is InChI=1S/C15H14ClNO3/c1-15-6-5-10(20-15)11-12(15)14(19)17(13(11)18)9-4-2-3-8(16)7-9/h2-4,7,10,18-19H,5-6H2,1H3. The van der Waals surface area contributed by atoms with Crippen molar-refractivity contribution in [2.75, 3.05) is 0 Å². The highest BCUT2D eigenvalue weighted by atomic mass is 35.5. The van der Waals surface area contributed by atoms with Crippen molar-refractivity contribution in [1.82, 2.24) is 4.57 Å². The highest BCUT2D eigenvalue weighted by Crippen LogP contribution is 2.61. The van der Waals surface area contributed by atoms with Crippen LogP contribution in [-0.4, -0.2) is 14.8 Å². The Labute approximate surface area is 121 Å². The Kier molecular flexibility index (Phi) is 2.25. The van der Waals surface area contributed by atoms with Gasteiger partial charge in [-0.3, -0.25) is 4.57 Å². The summed E-state index contributed by atoms with van der Waals surface area (Å²) in [6.07, 6.45) is 1.61. The molecule has 2 unspecified atom stereocenters. The van der Waals surface area contributed by atoms with E-state index >= 15 is 0 Å². The van der Waals surface area contributed by atoms with Crippen LogP contribution in [0.3, 0.4) is 0 Å². The van der Waals surface area contributed by atoms with Crippen LogP contribution in [0.25, 0.3) is 5.69 Å². The quantitative estimate of drug-likeness (QED) is 0.844. The topological polar surface area (TPSA) is 54.6 Å². The predicted octanol–water partition coefficient (Wildman–Crippen LogP) is 3.62. The molecule has 4 nitrogen and oxygen atoms in total. The first-order valence-corrected chi connectivity index (χ1v) is 7.00. The molecule has 1 fully saturated rings. The average Bonchev–Trinajstić information content (AvgIpc) is 2.99. The summed E-state index contributed by atoms with van der Waals surface area (Å²) in [6, 6.07) is 7.05. The van der Waals surface area contributed by atoms with Crippen LogP contribution in [-0.2, 0) is 10.3 Å². The Bertz CT molecular complexity index is 724. The van der Waals surface area contributed by atoms with Gasteiger partial charge in [0, 0.05) is 5.02 Å². The number of benzene rings is 1. The first-order valence-electron chi connectivity index (χ1n) is 6.62. The van der Waals surface area contributed by atoms with Crippen LogP contribution in [0.15, 0.2) is 24.3 Å². The number of ether oxygens (including phenoxy) is 1. The molecule has 2 N–H and O–H groups in total. The van der Waals surface area contributed by atoms with Gasteiger partial charge >= 0.3 is 0 Å². The molecular weight excluding hydrogens is 278 g/mol. The minimum absolute atomic E-state index is 0.0458. The summed E-state index contributed by atoms with van der Waals surface area (Å²) in [5.74, 6) is 0.0951. The third-order valence-electron chi connectivity index (χ3n) is 4.36. The third-order valence-corrected chi connectivity index (χ3v) is 4.60. The molecule has 1 aromatic heterocycles. The van der Waals surface area contributed by atoms with Gasteiger partial charge in [0.1, 0.15) is 0 Å². The maximum absolute atomic E-state index is 10.5. The summed E-state index contributed by atoms with van der Waals surface area (Å²) in [6.45, 7) is 1.96. The fraction of sp³-hybridized carbons (Fsp3) is 0.333. The number of aromatic hydroxyl groups is 2. The van der Waals surface area contributed by atoms with Gasteiger partial charge in [-0.1, -0.05) is 17.7 Å². The molecule has 20 heavy (non-hydrogen) atoms. The molecule has 0 radical (unpaired) electrons. The van der Waals surface area contributed by atoms with Crippen molar-refractivity contribution in [1.29, 1.82) is 0 Å². The highest BCUT2D eigenvalue weighted by molar-refractivity contribution is 6.30. The van der Waals surface area contributed by atoms with Crippen molar-refractivity contribution in [2.24, 2.45) is 0 Å². The van der Waals surface area contributed by atoms with Crippen molar-refractivity contribution < 1.29 is 14.9 Å². The van der Waals surface area contributed by atoms with E-state index in [0.29, 0.717) is 16.3 Å². The first-order chi connectivity index (χ1) is 9.51. The summed E-state index contributed by atoms with van der Waals surface area (Å²) in [5, 5.41) is 21.6. The number of fused-ring (bicyclic) bond motifs is 5. The van der Waals surface area contributed by atoms with E-state index in [4.69, 9.17) is 16.3 Å². The second kappa shape index (κ2) is 3.71. The van der Waals surface area contributed by atoms with Gasteiger partial charge in [0.15, 0.2) is 0 Å². The summed E-state index contributed by atoms with van der Waals surface area (Å²) < 4.78 is 7.33. The van der Waals surface area contributed by atoms with E-state index in [2.05, 4.69) is 0 Å². The van der Waals surface area contributed by atoms with Gasteiger partial charge < -0.3 is 14.9 Å². The average molecular weight is 292 g/mol. The highest BCUT2D eigenvalue weighted by Gasteiger charge is 2.53. The molecule has 3 heterocycles. The van der Waals surface area contributed by atoms with Gasteiger partial charge in [-0.05, 0) is 38.0 Å². The van der Waals surface area contributed by atoms with E-state index in [9.17, 15) is 10.2 Å². The van der Waals surface area contributed by atoms with Crippen LogP contribution in [0.2, 0.25) is 5.02 Å². The predicted molar refractivity (Wildman–Crippen MR) is 74.5 cm³/mol. The number of nitrogens with zero attached hydrogens (tertiary/aromatic N) is 1. The van der Waals surface area contributed by atoms with E-state index in [1.807, 2.05) is 6.92 Å². The molecule has 2 aromatic rings. The van der Waals surface area contributed by atoms with E-state index < -0.39 is 5.60 Å². The van der Waals surface area contributed by atoms with Gasteiger partial charge in [0.25, 0.3) is 0 Å². The molecule has 1 saturated heterocycles. The van der Waals surface area contributed by atoms with Crippen molar-refractivity contribution in [2.45, 2.75) is 31.5 Å². The fourth-order valence-electron chi connectivity index (χ4n) is 3.48. The molecule has 2 bridgehead atoms. The first kappa shape index (κ1) is 12.1. The van der Waals surface area contributed by atoms with Gasteiger partial charge in [0.05, 0.1) is 28.5 Å². The molecule has 4 rings (SSSR count). The minimum Gasteiger partial charge on any atom is -0.494 e. The maximum Gasteiger partial charge on any atom is 0.205 e. The van der Waals surface area contributed by atoms with Gasteiger partial charge in [0.2, 0.25) is 11.8 Å². The molecule has 5 heteroatoms. The zero-order chi connectivity index (χ0) is 14.1. The molecule has 0 saturated carbocycles. The van der Waals surface area contributed by atoms with E-state index in [0.717, 1.165) is 18.4 Å². The van der Waals surface area contributed by atoms with Crippen molar-refractivity contribution >= 4 is 11.6 Å². The maximum atomic E-state index is 10.5. The zero-order valence-corrected chi connectivity index (χ0v) is 11.7. The van der Waals surface area contributed by atoms with Crippen molar-refractivity contribution in [3.63, 3.8) is 0 Å². The smallest absolute Gasteiger partial charge is 0.205 e. The van der Waals surface area contributed by atoms with Crippen LogP contribution in [0.5, 0.6) is 11.8 Å². The largest absolute Gasteiger partial charge is 0.494 e. The summed E-state index contributed by atoms with van der Waals surface area (Å²) in [7, 11) is 0.